The first-order valence-electron chi connectivity index (χ1n) is 11.8. The van der Waals surface area contributed by atoms with Crippen LogP contribution in [0.2, 0.25) is 0 Å². The van der Waals surface area contributed by atoms with Gasteiger partial charge in [-0.15, -0.1) is 11.3 Å². The summed E-state index contributed by atoms with van der Waals surface area (Å²) in [6.45, 7) is 6.88. The maximum atomic E-state index is 13.3. The number of carbonyl (C=O) groups is 1. The van der Waals surface area contributed by atoms with Crippen molar-refractivity contribution in [2.24, 2.45) is 0 Å². The van der Waals surface area contributed by atoms with Gasteiger partial charge < -0.3 is 18.9 Å². The minimum absolute atomic E-state index is 0.101. The highest BCUT2D eigenvalue weighted by Gasteiger charge is 2.33. The summed E-state index contributed by atoms with van der Waals surface area (Å²) in [7, 11) is -0.627. The van der Waals surface area contributed by atoms with Crippen molar-refractivity contribution in [1.82, 2.24) is 13.8 Å². The van der Waals surface area contributed by atoms with Crippen molar-refractivity contribution in [3.63, 3.8) is 0 Å². The standard InChI is InChI=1S/C26H33N3O5S2/c1-18-16-22(33-5)19(2)20(3)26(18)36(31,32)27(4)13-14-34-17-24(30)29-12-11-28-10-6-8-21(28)25(29)23-9-7-15-35-23/h6-10,15-16,25H,11-14,17H2,1-5H3. The molecule has 0 fully saturated rings. The number of aryl methyl sites for hydroxylation is 1. The predicted octanol–water partition coefficient (Wildman–Crippen LogP) is 3.75. The Kier molecular flexibility index (Phi) is 7.89. The Morgan fingerprint density at radius 2 is 1.94 bits per heavy atom. The lowest BCUT2D eigenvalue weighted by Gasteiger charge is -2.36. The molecule has 1 aromatic carbocycles. The number of ether oxygens (including phenoxy) is 2. The average Bonchev–Trinajstić information content (AvgIpc) is 3.55. The summed E-state index contributed by atoms with van der Waals surface area (Å²) >= 11 is 1.63. The number of benzene rings is 1. The van der Waals surface area contributed by atoms with E-state index in [1.165, 1.54) is 11.4 Å². The second kappa shape index (κ2) is 10.8. The van der Waals surface area contributed by atoms with E-state index in [-0.39, 0.29) is 36.6 Å². The van der Waals surface area contributed by atoms with Crippen LogP contribution in [0.4, 0.5) is 0 Å². The molecule has 1 amide bonds. The van der Waals surface area contributed by atoms with Gasteiger partial charge in [0.05, 0.1) is 18.6 Å². The number of sulfonamides is 1. The summed E-state index contributed by atoms with van der Waals surface area (Å²) in [6.07, 6.45) is 2.04. The van der Waals surface area contributed by atoms with E-state index in [1.54, 1.807) is 38.4 Å². The Hall–Kier alpha value is -2.66. The lowest BCUT2D eigenvalue weighted by molar-refractivity contribution is -0.138. The molecule has 2 aromatic heterocycles. The van der Waals surface area contributed by atoms with Gasteiger partial charge in [0, 0.05) is 43.4 Å². The number of likely N-dealkylation sites (N-methyl/N-ethyl adjacent to an activating group) is 1. The van der Waals surface area contributed by atoms with Crippen LogP contribution in [0.1, 0.15) is 33.3 Å². The smallest absolute Gasteiger partial charge is 0.249 e. The minimum Gasteiger partial charge on any atom is -0.496 e. The molecule has 1 atom stereocenters. The molecule has 0 aliphatic carbocycles. The average molecular weight is 532 g/mol. The molecule has 36 heavy (non-hydrogen) atoms. The second-order valence-corrected chi connectivity index (χ2v) is 11.9. The number of rotatable bonds is 9. The highest BCUT2D eigenvalue weighted by Crippen LogP contribution is 2.35. The van der Waals surface area contributed by atoms with Gasteiger partial charge in [-0.2, -0.15) is 4.31 Å². The first-order valence-corrected chi connectivity index (χ1v) is 14.2. The zero-order chi connectivity index (χ0) is 26.0. The number of fused-ring (bicyclic) bond motifs is 1. The number of hydrogen-bond donors (Lipinski definition) is 0. The van der Waals surface area contributed by atoms with Gasteiger partial charge >= 0.3 is 0 Å². The van der Waals surface area contributed by atoms with E-state index in [0.717, 1.165) is 22.7 Å². The first kappa shape index (κ1) is 26.4. The third kappa shape index (κ3) is 4.95. The SMILES string of the molecule is COc1cc(C)c(S(=O)(=O)N(C)CCOCC(=O)N2CCn3cccc3C2c2cccs2)c(C)c1C. The van der Waals surface area contributed by atoms with E-state index < -0.39 is 10.0 Å². The third-order valence-electron chi connectivity index (χ3n) is 6.81. The molecule has 1 unspecified atom stereocenters. The zero-order valence-electron chi connectivity index (χ0n) is 21.4. The molecule has 0 N–H and O–H groups in total. The van der Waals surface area contributed by atoms with Gasteiger partial charge in [0.15, 0.2) is 0 Å². The number of methoxy groups -OCH3 is 1. The molecule has 3 heterocycles. The molecule has 0 saturated heterocycles. The Bertz CT molecular complexity index is 1330. The number of aromatic nitrogens is 1. The Morgan fingerprint density at radius 1 is 1.17 bits per heavy atom. The molecule has 8 nitrogen and oxygen atoms in total. The quantitative estimate of drug-likeness (QED) is 0.393. The van der Waals surface area contributed by atoms with Crippen molar-refractivity contribution in [2.75, 3.05) is 40.5 Å². The lowest BCUT2D eigenvalue weighted by Crippen LogP contribution is -2.44. The maximum Gasteiger partial charge on any atom is 0.249 e. The van der Waals surface area contributed by atoms with Crippen molar-refractivity contribution in [3.8, 4) is 5.75 Å². The number of carbonyl (C=O) groups excluding carboxylic acids is 1. The van der Waals surface area contributed by atoms with Crippen LogP contribution in [0.15, 0.2) is 46.8 Å². The molecule has 0 spiro atoms. The molecule has 1 aliphatic rings. The van der Waals surface area contributed by atoms with Crippen molar-refractivity contribution in [1.29, 1.82) is 0 Å². The van der Waals surface area contributed by atoms with Crippen LogP contribution in [0.3, 0.4) is 0 Å². The normalized spacial score (nSPS) is 15.8. The first-order chi connectivity index (χ1) is 17.2. The number of nitrogens with zero attached hydrogens (tertiary/aromatic N) is 3. The van der Waals surface area contributed by atoms with Crippen molar-refractivity contribution in [2.45, 2.75) is 38.3 Å². The van der Waals surface area contributed by atoms with Gasteiger partial charge in [0.25, 0.3) is 0 Å². The molecule has 0 saturated carbocycles. The van der Waals surface area contributed by atoms with Crippen molar-refractivity contribution >= 4 is 27.3 Å². The van der Waals surface area contributed by atoms with E-state index in [0.29, 0.717) is 23.4 Å². The molecule has 10 heteroatoms. The summed E-state index contributed by atoms with van der Waals surface area (Å²) in [5.41, 5.74) is 3.19. The fourth-order valence-electron chi connectivity index (χ4n) is 4.74. The Balaban J connectivity index is 1.39. The summed E-state index contributed by atoms with van der Waals surface area (Å²) in [6, 6.07) is 9.70. The molecule has 0 bridgehead atoms. The zero-order valence-corrected chi connectivity index (χ0v) is 23.0. The third-order valence-corrected chi connectivity index (χ3v) is 9.89. The van der Waals surface area contributed by atoms with Crippen molar-refractivity contribution in [3.05, 3.63) is 69.2 Å². The van der Waals surface area contributed by atoms with Gasteiger partial charge in [0.1, 0.15) is 18.4 Å². The number of amides is 1. The molecular formula is C26H33N3O5S2. The van der Waals surface area contributed by atoms with Gasteiger partial charge in [-0.3, -0.25) is 4.79 Å². The molecule has 1 aliphatic heterocycles. The summed E-state index contributed by atoms with van der Waals surface area (Å²) in [4.78, 5) is 16.4. The molecular weight excluding hydrogens is 498 g/mol. The topological polar surface area (TPSA) is 81.1 Å². The van der Waals surface area contributed by atoms with Crippen LogP contribution >= 0.6 is 11.3 Å². The fraction of sp³-hybridized carbons (Fsp3) is 0.423. The highest BCUT2D eigenvalue weighted by molar-refractivity contribution is 7.89. The monoisotopic (exact) mass is 531 g/mol. The fourth-order valence-corrected chi connectivity index (χ4v) is 7.22. The van der Waals surface area contributed by atoms with E-state index in [4.69, 9.17) is 9.47 Å². The summed E-state index contributed by atoms with van der Waals surface area (Å²) in [5, 5.41) is 2.01. The van der Waals surface area contributed by atoms with Crippen LogP contribution in [0.25, 0.3) is 0 Å². The highest BCUT2D eigenvalue weighted by atomic mass is 32.2. The van der Waals surface area contributed by atoms with E-state index in [2.05, 4.69) is 10.6 Å². The second-order valence-electron chi connectivity index (χ2n) is 8.99. The number of thiophene rings is 1. The lowest BCUT2D eigenvalue weighted by atomic mass is 10.1. The maximum absolute atomic E-state index is 13.3. The van der Waals surface area contributed by atoms with Crippen LogP contribution in [-0.2, 0) is 26.1 Å². The predicted molar refractivity (Wildman–Crippen MR) is 140 cm³/mol. The molecule has 4 rings (SSSR count). The molecule has 194 valence electrons. The van der Waals surface area contributed by atoms with Crippen LogP contribution in [0.5, 0.6) is 5.75 Å². The number of hydrogen-bond acceptors (Lipinski definition) is 6. The van der Waals surface area contributed by atoms with Gasteiger partial charge in [0.2, 0.25) is 15.9 Å². The largest absolute Gasteiger partial charge is 0.496 e. The molecule has 0 radical (unpaired) electrons. The minimum atomic E-state index is -3.73. The Morgan fingerprint density at radius 3 is 2.64 bits per heavy atom. The van der Waals surface area contributed by atoms with Crippen LogP contribution in [-0.4, -0.2) is 68.6 Å². The van der Waals surface area contributed by atoms with Crippen LogP contribution < -0.4 is 4.74 Å². The van der Waals surface area contributed by atoms with Crippen LogP contribution in [0, 0.1) is 20.8 Å². The van der Waals surface area contributed by atoms with Gasteiger partial charge in [-0.1, -0.05) is 6.07 Å². The Labute approximate surface area is 217 Å². The van der Waals surface area contributed by atoms with Crippen molar-refractivity contribution < 1.29 is 22.7 Å². The molecule has 3 aromatic rings. The van der Waals surface area contributed by atoms with E-state index in [1.807, 2.05) is 41.6 Å². The van der Waals surface area contributed by atoms with E-state index >= 15 is 0 Å². The summed E-state index contributed by atoms with van der Waals surface area (Å²) in [5.74, 6) is 0.558. The van der Waals surface area contributed by atoms with Gasteiger partial charge in [-0.25, -0.2) is 8.42 Å². The summed E-state index contributed by atoms with van der Waals surface area (Å²) < 4.78 is 41.2. The van der Waals surface area contributed by atoms with Gasteiger partial charge in [-0.05, 0) is 67.1 Å². The van der Waals surface area contributed by atoms with E-state index in [9.17, 15) is 13.2 Å².